The average molecular weight is 670 g/mol. The van der Waals surface area contributed by atoms with Crippen LogP contribution in [0.25, 0.3) is 22.2 Å². The summed E-state index contributed by atoms with van der Waals surface area (Å²) >= 11 is 0. The second kappa shape index (κ2) is 13.8. The summed E-state index contributed by atoms with van der Waals surface area (Å²) in [5.41, 5.74) is 5.89. The Kier molecular flexibility index (Phi) is 9.67. The quantitative estimate of drug-likeness (QED) is 0.154. The van der Waals surface area contributed by atoms with Gasteiger partial charge in [0.1, 0.15) is 0 Å². The molecule has 1 amide bonds. The van der Waals surface area contributed by atoms with E-state index in [1.165, 1.54) is 61.0 Å². The summed E-state index contributed by atoms with van der Waals surface area (Å²) in [6.45, 7) is 3.49. The van der Waals surface area contributed by atoms with E-state index in [4.69, 9.17) is 10.7 Å². The van der Waals surface area contributed by atoms with Crippen LogP contribution < -0.4 is 11.1 Å². The normalized spacial score (nSPS) is 17.8. The maximum absolute atomic E-state index is 14.5. The van der Waals surface area contributed by atoms with Gasteiger partial charge >= 0.3 is 12.4 Å². The number of carbonyl (C=O) groups excluding carboxylic acids is 1. The van der Waals surface area contributed by atoms with Crippen molar-refractivity contribution in [2.45, 2.75) is 63.1 Å². The Morgan fingerprint density at radius 1 is 0.875 bits per heavy atom. The highest BCUT2D eigenvalue weighted by atomic mass is 19.4. The lowest BCUT2D eigenvalue weighted by atomic mass is 9.93. The van der Waals surface area contributed by atoms with Gasteiger partial charge in [0, 0.05) is 34.8 Å². The van der Waals surface area contributed by atoms with E-state index in [9.17, 15) is 31.1 Å². The van der Waals surface area contributed by atoms with Gasteiger partial charge in [-0.3, -0.25) is 9.69 Å². The van der Waals surface area contributed by atoms with Gasteiger partial charge in [-0.1, -0.05) is 48.9 Å². The summed E-state index contributed by atoms with van der Waals surface area (Å²) in [7, 11) is 0. The highest BCUT2D eigenvalue weighted by Crippen LogP contribution is 2.38. The Balaban J connectivity index is 1.46. The number of pyridine rings is 1. The molecule has 6 rings (SSSR count). The van der Waals surface area contributed by atoms with E-state index in [0.29, 0.717) is 19.1 Å². The van der Waals surface area contributed by atoms with Crippen molar-refractivity contribution in [1.29, 1.82) is 0 Å². The molecule has 2 saturated heterocycles. The highest BCUT2D eigenvalue weighted by molar-refractivity contribution is 6.09. The fourth-order valence-corrected chi connectivity index (χ4v) is 6.97. The summed E-state index contributed by atoms with van der Waals surface area (Å²) in [6, 6.07) is 14.3. The number of rotatable bonds is 7. The van der Waals surface area contributed by atoms with Gasteiger partial charge in [0.05, 0.1) is 22.3 Å². The number of nitrogens with two attached hydrogens (primary N) is 1. The molecule has 12 heteroatoms. The van der Waals surface area contributed by atoms with Crippen molar-refractivity contribution in [1.82, 2.24) is 20.1 Å². The summed E-state index contributed by atoms with van der Waals surface area (Å²) in [5, 5.41) is 2.42. The number of carbonyl (C=O) groups is 1. The molecule has 0 spiro atoms. The standard InChI is InChI=1S/C36H37F6N5O/c37-35(38,39)25-11-7-10-24(20-25)32-29(22-46-18-14-27(15-19-46)47-16-5-2-6-17-47)31(28-21-26(43)12-13-30(28)44-32)34(48)45-33(36(40,41)42)23-8-3-1-4-9-23/h1,3-4,7-13,20-21,27,33H,2,5-6,14-19,22,43H2,(H,45,48)/t33-/m1/s1. The van der Waals surface area contributed by atoms with Crippen molar-refractivity contribution in [2.75, 3.05) is 31.9 Å². The number of nitrogens with zero attached hydrogens (tertiary/aromatic N) is 3. The first-order valence-electron chi connectivity index (χ1n) is 16.2. The van der Waals surface area contributed by atoms with Crippen LogP contribution in [0.15, 0.2) is 72.8 Å². The van der Waals surface area contributed by atoms with E-state index in [-0.39, 0.29) is 51.1 Å². The summed E-state index contributed by atoms with van der Waals surface area (Å²) < 4.78 is 84.9. The molecule has 1 aromatic heterocycles. The van der Waals surface area contributed by atoms with Crippen LogP contribution in [0.2, 0.25) is 0 Å². The largest absolute Gasteiger partial charge is 0.416 e. The number of hydrogen-bond donors (Lipinski definition) is 2. The van der Waals surface area contributed by atoms with Gasteiger partial charge < -0.3 is 16.0 Å². The molecular weight excluding hydrogens is 632 g/mol. The molecule has 2 fully saturated rings. The lowest BCUT2D eigenvalue weighted by Gasteiger charge is -2.40. The van der Waals surface area contributed by atoms with Crippen LogP contribution in [0.3, 0.4) is 0 Å². The summed E-state index contributed by atoms with van der Waals surface area (Å²) in [6.07, 6.45) is -4.22. The predicted molar refractivity (Wildman–Crippen MR) is 173 cm³/mol. The number of amides is 1. The molecule has 254 valence electrons. The average Bonchev–Trinajstić information content (AvgIpc) is 3.07. The van der Waals surface area contributed by atoms with Gasteiger partial charge in [-0.2, -0.15) is 26.3 Å². The molecule has 1 atom stereocenters. The van der Waals surface area contributed by atoms with Crippen LogP contribution in [-0.4, -0.2) is 59.1 Å². The van der Waals surface area contributed by atoms with Gasteiger partial charge in [0.15, 0.2) is 6.04 Å². The van der Waals surface area contributed by atoms with Crippen molar-refractivity contribution in [3.63, 3.8) is 0 Å². The molecule has 2 aliphatic heterocycles. The van der Waals surface area contributed by atoms with Crippen molar-refractivity contribution in [2.24, 2.45) is 0 Å². The molecule has 4 aromatic rings. The van der Waals surface area contributed by atoms with E-state index in [0.717, 1.165) is 50.9 Å². The molecule has 0 unspecified atom stereocenters. The molecule has 6 nitrogen and oxygen atoms in total. The van der Waals surface area contributed by atoms with Crippen LogP contribution in [-0.2, 0) is 12.7 Å². The Bertz CT molecular complexity index is 1750. The number of piperidine rings is 2. The molecule has 3 heterocycles. The predicted octanol–water partition coefficient (Wildman–Crippen LogP) is 7.99. The zero-order chi connectivity index (χ0) is 34.1. The van der Waals surface area contributed by atoms with E-state index in [1.54, 1.807) is 6.07 Å². The van der Waals surface area contributed by atoms with Crippen molar-refractivity contribution in [3.8, 4) is 11.3 Å². The monoisotopic (exact) mass is 669 g/mol. The maximum Gasteiger partial charge on any atom is 0.416 e. The molecule has 3 aromatic carbocycles. The molecule has 48 heavy (non-hydrogen) atoms. The van der Waals surface area contributed by atoms with Crippen LogP contribution >= 0.6 is 0 Å². The van der Waals surface area contributed by atoms with Gasteiger partial charge in [0.2, 0.25) is 0 Å². The number of likely N-dealkylation sites (tertiary alicyclic amines) is 2. The van der Waals surface area contributed by atoms with E-state index < -0.39 is 29.9 Å². The third-order valence-corrected chi connectivity index (χ3v) is 9.38. The Hall–Kier alpha value is -4.16. The number of fused-ring (bicyclic) bond motifs is 1. The SMILES string of the molecule is Nc1ccc2nc(-c3cccc(C(F)(F)F)c3)c(CN3CCC(N4CCCCC4)CC3)c(C(=O)N[C@H](c3ccccc3)C(F)(F)F)c2c1. The second-order valence-corrected chi connectivity index (χ2v) is 12.6. The number of alkyl halides is 6. The number of nitrogens with one attached hydrogen (secondary N) is 1. The molecule has 0 saturated carbocycles. The molecule has 0 aliphatic carbocycles. The fourth-order valence-electron chi connectivity index (χ4n) is 6.97. The topological polar surface area (TPSA) is 74.5 Å². The number of hydrogen-bond acceptors (Lipinski definition) is 5. The number of halogens is 6. The fraction of sp³-hybridized carbons (Fsp3) is 0.389. The Labute approximate surface area is 274 Å². The van der Waals surface area contributed by atoms with E-state index in [2.05, 4.69) is 15.1 Å². The molecular formula is C36H37F6N5O. The van der Waals surface area contributed by atoms with Crippen molar-refractivity contribution < 1.29 is 31.1 Å². The number of anilines is 1. The Morgan fingerprint density at radius 2 is 1.58 bits per heavy atom. The van der Waals surface area contributed by atoms with Crippen molar-refractivity contribution >= 4 is 22.5 Å². The number of nitrogen functional groups attached to an aromatic ring is 1. The first kappa shape index (κ1) is 33.7. The van der Waals surface area contributed by atoms with Crippen molar-refractivity contribution in [3.05, 3.63) is 95.1 Å². The maximum atomic E-state index is 14.5. The minimum Gasteiger partial charge on any atom is -0.399 e. The molecule has 0 bridgehead atoms. The number of aromatic nitrogens is 1. The lowest BCUT2D eigenvalue weighted by Crippen LogP contribution is -2.46. The third-order valence-electron chi connectivity index (χ3n) is 9.38. The first-order chi connectivity index (χ1) is 22.9. The molecule has 2 aliphatic rings. The van der Waals surface area contributed by atoms with Gasteiger partial charge in [-0.05, 0) is 87.8 Å². The van der Waals surface area contributed by atoms with Crippen LogP contribution in [0.5, 0.6) is 0 Å². The third kappa shape index (κ3) is 7.44. The van der Waals surface area contributed by atoms with Crippen LogP contribution in [0.1, 0.15) is 65.2 Å². The first-order valence-corrected chi connectivity index (χ1v) is 16.2. The van der Waals surface area contributed by atoms with Gasteiger partial charge in [-0.25, -0.2) is 4.98 Å². The minimum absolute atomic E-state index is 0.0944. The second-order valence-electron chi connectivity index (χ2n) is 12.6. The molecule has 3 N–H and O–H groups in total. The number of benzene rings is 3. The summed E-state index contributed by atoms with van der Waals surface area (Å²) in [4.78, 5) is 23.6. The smallest absolute Gasteiger partial charge is 0.399 e. The van der Waals surface area contributed by atoms with Crippen LogP contribution in [0.4, 0.5) is 32.0 Å². The Morgan fingerprint density at radius 3 is 2.25 bits per heavy atom. The van der Waals surface area contributed by atoms with Gasteiger partial charge in [-0.15, -0.1) is 0 Å². The molecule has 0 radical (unpaired) electrons. The van der Waals surface area contributed by atoms with E-state index in [1.807, 2.05) is 0 Å². The van der Waals surface area contributed by atoms with Crippen LogP contribution in [0, 0.1) is 0 Å². The zero-order valence-electron chi connectivity index (χ0n) is 26.2. The van der Waals surface area contributed by atoms with Gasteiger partial charge in [0.25, 0.3) is 5.91 Å². The minimum atomic E-state index is -4.83. The van der Waals surface area contributed by atoms with E-state index >= 15 is 0 Å². The lowest BCUT2D eigenvalue weighted by molar-refractivity contribution is -0.155. The highest BCUT2D eigenvalue weighted by Gasteiger charge is 2.42. The zero-order valence-corrected chi connectivity index (χ0v) is 26.2. The summed E-state index contributed by atoms with van der Waals surface area (Å²) in [5.74, 6) is -1.02.